The monoisotopic (exact) mass is 564 g/mol. The Kier molecular flexibility index (Phi) is 13.2. The fourth-order valence-corrected chi connectivity index (χ4v) is 6.45. The maximum absolute atomic E-state index is 11.6. The molecule has 1 rings (SSSR count). The summed E-state index contributed by atoms with van der Waals surface area (Å²) in [6.07, 6.45) is 4.26. The Labute approximate surface area is 235 Å². The van der Waals surface area contributed by atoms with Crippen LogP contribution >= 0.6 is 0 Å². The second-order valence-corrected chi connectivity index (χ2v) is 23.2. The second-order valence-electron chi connectivity index (χ2n) is 13.6. The minimum atomic E-state index is -2.01. The summed E-state index contributed by atoms with van der Waals surface area (Å²) in [6, 6.07) is 7.98. The minimum Gasteiger partial charge on any atom is -0.497 e. The molecule has 0 aliphatic heterocycles. The van der Waals surface area contributed by atoms with E-state index in [2.05, 4.69) is 87.7 Å². The highest BCUT2D eigenvalue weighted by molar-refractivity contribution is 6.74. The fraction of sp³-hybridized carbons (Fsp3) is 0.710. The number of benzene rings is 1. The summed E-state index contributed by atoms with van der Waals surface area (Å²) in [4.78, 5) is 11.6. The van der Waals surface area contributed by atoms with Gasteiger partial charge in [0.15, 0.2) is 16.6 Å². The fourth-order valence-electron chi connectivity index (χ4n) is 3.66. The van der Waals surface area contributed by atoms with Gasteiger partial charge in [-0.15, -0.1) is 0 Å². The van der Waals surface area contributed by atoms with Gasteiger partial charge in [0.1, 0.15) is 12.0 Å². The van der Waals surface area contributed by atoms with Gasteiger partial charge in [0.2, 0.25) is 0 Å². The maximum Gasteiger partial charge on any atom is 0.192 e. The molecule has 3 atom stereocenters. The highest BCUT2D eigenvalue weighted by Gasteiger charge is 2.41. The third-order valence-corrected chi connectivity index (χ3v) is 17.4. The molecule has 0 aliphatic rings. The van der Waals surface area contributed by atoms with E-state index in [-0.39, 0.29) is 28.2 Å². The molecule has 0 saturated heterocycles. The highest BCUT2D eigenvalue weighted by atomic mass is 28.4. The van der Waals surface area contributed by atoms with Gasteiger partial charge in [0, 0.05) is 13.0 Å². The first-order valence-electron chi connectivity index (χ1n) is 14.0. The standard InChI is InChI=1S/C31H56O5Si2/c1-24(28(18-20-32)35-37(10,11)30(3,4)5)22-25(2)29(36-38(12,13)31(6,7)8)19-21-34-23-26-14-16-27(33-9)17-15-26/h14-17,20,22,24,28-29H,18-19,21,23H2,1-13H3/b25-22+/t24-,28-,29-/m0/s1. The Hall–Kier alpha value is -1.26. The van der Waals surface area contributed by atoms with Crippen molar-refractivity contribution in [3.05, 3.63) is 41.5 Å². The number of carbonyl (C=O) groups excluding carboxylic acids is 1. The van der Waals surface area contributed by atoms with E-state index >= 15 is 0 Å². The zero-order valence-electron chi connectivity index (χ0n) is 26.6. The van der Waals surface area contributed by atoms with Crippen LogP contribution in [0.5, 0.6) is 5.75 Å². The Morgan fingerprint density at radius 2 is 1.45 bits per heavy atom. The molecule has 38 heavy (non-hydrogen) atoms. The normalized spacial score (nSPS) is 16.2. The zero-order valence-corrected chi connectivity index (χ0v) is 28.6. The van der Waals surface area contributed by atoms with Crippen molar-refractivity contribution in [2.75, 3.05) is 13.7 Å². The van der Waals surface area contributed by atoms with Crippen LogP contribution in [0.1, 0.15) is 73.8 Å². The maximum atomic E-state index is 11.6. The lowest BCUT2D eigenvalue weighted by Gasteiger charge is -2.41. The Balaban J connectivity index is 3.06. The molecule has 0 unspecified atom stereocenters. The number of methoxy groups -OCH3 is 1. The number of ether oxygens (including phenoxy) is 2. The first-order chi connectivity index (χ1) is 17.3. The van der Waals surface area contributed by atoms with Crippen LogP contribution in [0.3, 0.4) is 0 Å². The molecule has 7 heteroatoms. The van der Waals surface area contributed by atoms with Gasteiger partial charge in [0.05, 0.1) is 25.9 Å². The Bertz CT molecular complexity index is 879. The van der Waals surface area contributed by atoms with Gasteiger partial charge in [-0.25, -0.2) is 0 Å². The first-order valence-corrected chi connectivity index (χ1v) is 19.8. The molecule has 1 aromatic rings. The van der Waals surface area contributed by atoms with Crippen molar-refractivity contribution >= 4 is 22.9 Å². The van der Waals surface area contributed by atoms with Crippen molar-refractivity contribution in [3.8, 4) is 5.75 Å². The lowest BCUT2D eigenvalue weighted by molar-refractivity contribution is -0.109. The predicted octanol–water partition coefficient (Wildman–Crippen LogP) is 8.55. The molecule has 0 aliphatic carbocycles. The van der Waals surface area contributed by atoms with Crippen molar-refractivity contribution in [1.29, 1.82) is 0 Å². The van der Waals surface area contributed by atoms with Crippen molar-refractivity contribution in [2.24, 2.45) is 5.92 Å². The van der Waals surface area contributed by atoms with Gasteiger partial charge >= 0.3 is 0 Å². The molecule has 0 N–H and O–H groups in total. The summed E-state index contributed by atoms with van der Waals surface area (Å²) in [5.74, 6) is 0.942. The van der Waals surface area contributed by atoms with E-state index in [0.717, 1.165) is 24.0 Å². The number of rotatable bonds is 15. The van der Waals surface area contributed by atoms with Crippen LogP contribution in [0, 0.1) is 5.92 Å². The summed E-state index contributed by atoms with van der Waals surface area (Å²) < 4.78 is 24.9. The van der Waals surface area contributed by atoms with Crippen LogP contribution in [0.25, 0.3) is 0 Å². The number of hydrogen-bond donors (Lipinski definition) is 0. The highest BCUT2D eigenvalue weighted by Crippen LogP contribution is 2.40. The average molecular weight is 565 g/mol. The molecular weight excluding hydrogens is 509 g/mol. The van der Waals surface area contributed by atoms with Crippen LogP contribution < -0.4 is 4.74 Å². The van der Waals surface area contributed by atoms with Crippen molar-refractivity contribution in [3.63, 3.8) is 0 Å². The van der Waals surface area contributed by atoms with E-state index in [1.807, 2.05) is 24.3 Å². The molecule has 0 heterocycles. The molecule has 0 radical (unpaired) electrons. The molecule has 0 amide bonds. The van der Waals surface area contributed by atoms with Crippen LogP contribution in [-0.4, -0.2) is 48.8 Å². The predicted molar refractivity (Wildman–Crippen MR) is 165 cm³/mol. The molecule has 0 saturated carbocycles. The van der Waals surface area contributed by atoms with Gasteiger partial charge < -0.3 is 23.1 Å². The number of hydrogen-bond acceptors (Lipinski definition) is 5. The summed E-state index contributed by atoms with van der Waals surface area (Å²) >= 11 is 0. The molecule has 1 aromatic carbocycles. The zero-order chi connectivity index (χ0) is 29.4. The number of aldehydes is 1. The third kappa shape index (κ3) is 10.7. The number of carbonyl (C=O) groups is 1. The van der Waals surface area contributed by atoms with E-state index in [1.54, 1.807) is 7.11 Å². The van der Waals surface area contributed by atoms with Gasteiger partial charge in [-0.1, -0.05) is 66.7 Å². The van der Waals surface area contributed by atoms with E-state index < -0.39 is 16.6 Å². The molecule has 0 fully saturated rings. The van der Waals surface area contributed by atoms with Crippen molar-refractivity contribution < 1.29 is 23.1 Å². The van der Waals surface area contributed by atoms with Gasteiger partial charge in [0.25, 0.3) is 0 Å². The van der Waals surface area contributed by atoms with Crippen molar-refractivity contribution in [1.82, 2.24) is 0 Å². The van der Waals surface area contributed by atoms with Crippen LogP contribution in [-0.2, 0) is 25.0 Å². The smallest absolute Gasteiger partial charge is 0.192 e. The summed E-state index contributed by atoms with van der Waals surface area (Å²) in [7, 11) is -2.35. The lowest BCUT2D eigenvalue weighted by atomic mass is 9.97. The second kappa shape index (κ2) is 14.4. The van der Waals surface area contributed by atoms with Crippen LogP contribution in [0.4, 0.5) is 0 Å². The largest absolute Gasteiger partial charge is 0.497 e. The molecule has 0 aromatic heterocycles. The van der Waals surface area contributed by atoms with Gasteiger partial charge in [-0.2, -0.15) is 0 Å². The molecule has 0 spiro atoms. The van der Waals surface area contributed by atoms with E-state index in [4.69, 9.17) is 18.3 Å². The lowest BCUT2D eigenvalue weighted by Crippen LogP contribution is -2.46. The quantitative estimate of drug-likeness (QED) is 0.0924. The van der Waals surface area contributed by atoms with E-state index in [9.17, 15) is 4.79 Å². The molecule has 0 bridgehead atoms. The molecular formula is C31H56O5Si2. The topological polar surface area (TPSA) is 54.0 Å². The average Bonchev–Trinajstić information content (AvgIpc) is 2.79. The van der Waals surface area contributed by atoms with Crippen LogP contribution in [0.15, 0.2) is 35.9 Å². The summed E-state index contributed by atoms with van der Waals surface area (Å²) in [5, 5.41) is 0.189. The van der Waals surface area contributed by atoms with E-state index in [1.165, 1.54) is 5.57 Å². The van der Waals surface area contributed by atoms with Crippen LogP contribution in [0.2, 0.25) is 36.3 Å². The van der Waals surface area contributed by atoms with E-state index in [0.29, 0.717) is 19.6 Å². The Morgan fingerprint density at radius 3 is 1.92 bits per heavy atom. The molecule has 218 valence electrons. The van der Waals surface area contributed by atoms with Gasteiger partial charge in [-0.05, 0) is 78.8 Å². The minimum absolute atomic E-state index is 0.0426. The molecule has 5 nitrogen and oxygen atoms in total. The first kappa shape index (κ1) is 34.8. The summed E-state index contributed by atoms with van der Waals surface area (Å²) in [6.45, 7) is 28.1. The SMILES string of the molecule is COc1ccc(COCC[C@H](O[Si](C)(C)C(C)(C)C)/C(C)=C/[C@H](C)[C@H](CC=O)O[Si](C)(C)C(C)(C)C)cc1. The third-order valence-electron chi connectivity index (χ3n) is 8.40. The van der Waals surface area contributed by atoms with Gasteiger partial charge in [-0.3, -0.25) is 0 Å². The van der Waals surface area contributed by atoms with Crippen molar-refractivity contribution in [2.45, 2.75) is 123 Å². The Morgan fingerprint density at radius 1 is 0.921 bits per heavy atom. The summed E-state index contributed by atoms with van der Waals surface area (Å²) in [5.41, 5.74) is 2.30.